The Morgan fingerprint density at radius 2 is 2.06 bits per heavy atom. The number of fused-ring (bicyclic) bond motifs is 3. The summed E-state index contributed by atoms with van der Waals surface area (Å²) in [4.78, 5) is 28.8. The van der Waals surface area contributed by atoms with Crippen molar-refractivity contribution in [1.82, 2.24) is 20.3 Å². The Morgan fingerprint density at radius 3 is 2.73 bits per heavy atom. The molecular weight excluding hydrogens is 412 g/mol. The van der Waals surface area contributed by atoms with E-state index in [1.165, 1.54) is 12.8 Å². The van der Waals surface area contributed by atoms with Crippen molar-refractivity contribution < 1.29 is 4.79 Å². The van der Waals surface area contributed by atoms with Crippen molar-refractivity contribution in [2.75, 3.05) is 18.0 Å². The van der Waals surface area contributed by atoms with Gasteiger partial charge >= 0.3 is 0 Å². The second-order valence-electron chi connectivity index (χ2n) is 10.8. The number of pyridine rings is 1. The van der Waals surface area contributed by atoms with Crippen molar-refractivity contribution in [3.8, 4) is 11.4 Å². The molecule has 1 saturated heterocycles. The number of benzene rings is 1. The molecule has 1 amide bonds. The molecule has 2 saturated carbocycles. The van der Waals surface area contributed by atoms with Gasteiger partial charge in [0.15, 0.2) is 0 Å². The minimum atomic E-state index is -0.290. The van der Waals surface area contributed by atoms with Gasteiger partial charge in [0.25, 0.3) is 5.91 Å². The van der Waals surface area contributed by atoms with Crippen molar-refractivity contribution in [3.63, 3.8) is 0 Å². The maximum atomic E-state index is 13.7. The van der Waals surface area contributed by atoms with Gasteiger partial charge in [-0.15, -0.1) is 0 Å². The van der Waals surface area contributed by atoms with Crippen LogP contribution in [0.1, 0.15) is 61.4 Å². The zero-order valence-electron chi connectivity index (χ0n) is 19.4. The van der Waals surface area contributed by atoms with Crippen molar-refractivity contribution in [2.24, 2.45) is 11.7 Å². The number of aromatic amines is 1. The predicted molar refractivity (Wildman–Crippen MR) is 130 cm³/mol. The van der Waals surface area contributed by atoms with Crippen LogP contribution in [0.4, 0.5) is 5.69 Å². The number of hydrogen-bond acceptors (Lipinski definition) is 5. The molecule has 3 aliphatic rings. The smallest absolute Gasteiger partial charge is 0.255 e. The number of para-hydroxylation sites is 1. The molecule has 0 unspecified atom stereocenters. The van der Waals surface area contributed by atoms with E-state index < -0.39 is 0 Å². The van der Waals surface area contributed by atoms with Crippen molar-refractivity contribution >= 4 is 22.6 Å². The third kappa shape index (κ3) is 3.50. The second-order valence-corrected chi connectivity index (χ2v) is 10.8. The highest BCUT2D eigenvalue weighted by molar-refractivity contribution is 6.03. The van der Waals surface area contributed by atoms with E-state index in [1.807, 2.05) is 18.3 Å². The summed E-state index contributed by atoms with van der Waals surface area (Å²) in [5.74, 6) is 1.48. The first kappa shape index (κ1) is 20.7. The van der Waals surface area contributed by atoms with Crippen LogP contribution in [0.3, 0.4) is 0 Å². The molecule has 6 rings (SSSR count). The largest absolute Gasteiger partial charge is 0.368 e. The number of imidazole rings is 1. The van der Waals surface area contributed by atoms with Crippen LogP contribution in [-0.2, 0) is 0 Å². The van der Waals surface area contributed by atoms with E-state index in [4.69, 9.17) is 10.7 Å². The Labute approximate surface area is 194 Å². The van der Waals surface area contributed by atoms with Gasteiger partial charge in [-0.3, -0.25) is 9.78 Å². The molecule has 0 radical (unpaired) electrons. The zero-order valence-corrected chi connectivity index (χ0v) is 19.4. The van der Waals surface area contributed by atoms with Gasteiger partial charge in [0.1, 0.15) is 5.82 Å². The van der Waals surface area contributed by atoms with Crippen molar-refractivity contribution in [3.05, 3.63) is 41.7 Å². The van der Waals surface area contributed by atoms with Gasteiger partial charge in [-0.25, -0.2) is 4.98 Å². The fourth-order valence-electron chi connectivity index (χ4n) is 6.29. The van der Waals surface area contributed by atoms with Gasteiger partial charge in [0.05, 0.1) is 27.8 Å². The highest BCUT2D eigenvalue weighted by Gasteiger charge is 2.46. The van der Waals surface area contributed by atoms with Crippen LogP contribution in [0.25, 0.3) is 22.4 Å². The summed E-state index contributed by atoms with van der Waals surface area (Å²) < 4.78 is 0. The third-order valence-electron chi connectivity index (χ3n) is 8.07. The minimum absolute atomic E-state index is 0.0279. The normalized spacial score (nSPS) is 28.7. The average Bonchev–Trinajstić information content (AvgIpc) is 3.56. The fraction of sp³-hybridized carbons (Fsp3) is 0.500. The summed E-state index contributed by atoms with van der Waals surface area (Å²) in [6, 6.07) is 6.12. The Kier molecular flexibility index (Phi) is 4.56. The lowest BCUT2D eigenvalue weighted by Crippen LogP contribution is -2.45. The first-order valence-corrected chi connectivity index (χ1v) is 12.1. The van der Waals surface area contributed by atoms with E-state index in [2.05, 4.69) is 40.1 Å². The van der Waals surface area contributed by atoms with E-state index in [-0.39, 0.29) is 17.0 Å². The molecule has 2 bridgehead atoms. The summed E-state index contributed by atoms with van der Waals surface area (Å²) in [6.45, 7) is 5.63. The molecule has 172 valence electrons. The lowest BCUT2D eigenvalue weighted by atomic mass is 9.93. The molecule has 0 spiro atoms. The number of anilines is 1. The number of amides is 1. The van der Waals surface area contributed by atoms with Gasteiger partial charge < -0.3 is 20.9 Å². The second kappa shape index (κ2) is 7.29. The maximum Gasteiger partial charge on any atom is 0.255 e. The zero-order chi connectivity index (χ0) is 22.8. The lowest BCUT2D eigenvalue weighted by molar-refractivity contribution is 0.0901. The number of rotatable bonds is 4. The van der Waals surface area contributed by atoms with Crippen LogP contribution in [0.2, 0.25) is 0 Å². The van der Waals surface area contributed by atoms with Gasteiger partial charge in [0.2, 0.25) is 0 Å². The summed E-state index contributed by atoms with van der Waals surface area (Å²) in [7, 11) is 0. The summed E-state index contributed by atoms with van der Waals surface area (Å²) in [5.41, 5.74) is 11.6. The van der Waals surface area contributed by atoms with Crippen LogP contribution in [0.5, 0.6) is 0 Å². The van der Waals surface area contributed by atoms with Crippen LogP contribution < -0.4 is 16.0 Å². The van der Waals surface area contributed by atoms with Gasteiger partial charge in [-0.1, -0.05) is 12.1 Å². The monoisotopic (exact) mass is 444 g/mol. The van der Waals surface area contributed by atoms with Gasteiger partial charge in [-0.05, 0) is 69.9 Å². The van der Waals surface area contributed by atoms with Crippen LogP contribution in [-0.4, -0.2) is 45.0 Å². The number of nitrogens with zero attached hydrogens (tertiary/aromatic N) is 3. The number of hydrogen-bond donors (Lipinski definition) is 3. The standard InChI is InChI=1S/C26H32N6O/c1-16-4-3-5-20-21(16)30-23(29-20)18-13-28-14-19(22(18)32-11-10-25(2,27)15-32)24(33)31-26-8-6-17(12-26)7-9-26/h3-5,13-14,17H,6-12,15,27H2,1-2H3,(H,29,30)(H,31,33)/t17?,25-,26?/m0/s1. The van der Waals surface area contributed by atoms with Crippen LogP contribution >= 0.6 is 0 Å². The lowest BCUT2D eigenvalue weighted by Gasteiger charge is -2.30. The van der Waals surface area contributed by atoms with Crippen molar-refractivity contribution in [2.45, 2.75) is 63.5 Å². The van der Waals surface area contributed by atoms with E-state index in [0.717, 1.165) is 71.8 Å². The number of nitrogens with two attached hydrogens (primary N) is 1. The third-order valence-corrected chi connectivity index (χ3v) is 8.07. The molecule has 2 aromatic heterocycles. The van der Waals surface area contributed by atoms with E-state index in [1.54, 1.807) is 6.20 Å². The molecule has 2 aliphatic carbocycles. The molecule has 1 atom stereocenters. The van der Waals surface area contributed by atoms with Crippen LogP contribution in [0, 0.1) is 12.8 Å². The Morgan fingerprint density at radius 1 is 1.24 bits per heavy atom. The summed E-state index contributed by atoms with van der Waals surface area (Å²) >= 11 is 0. The number of nitrogens with one attached hydrogen (secondary N) is 2. The van der Waals surface area contributed by atoms with E-state index >= 15 is 0 Å². The quantitative estimate of drug-likeness (QED) is 0.566. The molecular formula is C26H32N6O. The molecule has 1 aromatic carbocycles. The Hall–Kier alpha value is -2.93. The number of H-pyrrole nitrogens is 1. The highest BCUT2D eigenvalue weighted by atomic mass is 16.1. The first-order valence-electron chi connectivity index (χ1n) is 12.1. The SMILES string of the molecule is Cc1cccc2[nH]c(-c3cncc(C(=O)NC45CCC(CC4)C5)c3N3CC[C@](C)(N)C3)nc12. The molecule has 1 aliphatic heterocycles. The van der Waals surface area contributed by atoms with Crippen LogP contribution in [0.15, 0.2) is 30.6 Å². The Balaban J connectivity index is 1.45. The molecule has 3 heterocycles. The predicted octanol–water partition coefficient (Wildman–Crippen LogP) is 3.92. The molecule has 7 heteroatoms. The highest BCUT2D eigenvalue weighted by Crippen LogP contribution is 2.48. The molecule has 4 N–H and O–H groups in total. The van der Waals surface area contributed by atoms with E-state index in [9.17, 15) is 4.79 Å². The molecule has 3 aromatic rings. The molecule has 3 fully saturated rings. The maximum absolute atomic E-state index is 13.7. The summed E-state index contributed by atoms with van der Waals surface area (Å²) in [6.07, 6.45) is 10.1. The number of aryl methyl sites for hydroxylation is 1. The molecule has 33 heavy (non-hydrogen) atoms. The first-order chi connectivity index (χ1) is 15.8. The van der Waals surface area contributed by atoms with E-state index in [0.29, 0.717) is 12.1 Å². The molecule has 7 nitrogen and oxygen atoms in total. The minimum Gasteiger partial charge on any atom is -0.368 e. The van der Waals surface area contributed by atoms with Crippen molar-refractivity contribution in [1.29, 1.82) is 0 Å². The average molecular weight is 445 g/mol. The fourth-order valence-corrected chi connectivity index (χ4v) is 6.29. The van der Waals surface area contributed by atoms with Gasteiger partial charge in [0, 0.05) is 36.6 Å². The number of carbonyl (C=O) groups is 1. The number of carbonyl (C=O) groups excluding carboxylic acids is 1. The number of aromatic nitrogens is 3. The Bertz CT molecular complexity index is 1240. The topological polar surface area (TPSA) is 99.9 Å². The summed E-state index contributed by atoms with van der Waals surface area (Å²) in [5, 5.41) is 3.43. The van der Waals surface area contributed by atoms with Gasteiger partial charge in [-0.2, -0.15) is 0 Å².